The number of piperidine rings is 1. The Morgan fingerprint density at radius 2 is 1.89 bits per heavy atom. The van der Waals surface area contributed by atoms with Crippen LogP contribution < -0.4 is 0 Å². The summed E-state index contributed by atoms with van der Waals surface area (Å²) in [6, 6.07) is 0. The Bertz CT molecular complexity index is 249. The third-order valence-corrected chi connectivity index (χ3v) is 5.73. The van der Waals surface area contributed by atoms with Gasteiger partial charge in [0.15, 0.2) is 0 Å². The highest BCUT2D eigenvalue weighted by Gasteiger charge is 2.33. The number of ether oxygens (including phenoxy) is 1. The van der Waals surface area contributed by atoms with E-state index >= 15 is 0 Å². The Balaban J connectivity index is 1.89. The summed E-state index contributed by atoms with van der Waals surface area (Å²) in [5.74, 6) is 1.82. The number of nitrogens with zero attached hydrogens (tertiary/aromatic N) is 1. The second-order valence-corrected chi connectivity index (χ2v) is 7.09. The third kappa shape index (κ3) is 4.64. The van der Waals surface area contributed by atoms with Gasteiger partial charge in [-0.25, -0.2) is 0 Å². The van der Waals surface area contributed by atoms with Gasteiger partial charge in [-0.2, -0.15) is 12.6 Å². The zero-order valence-corrected chi connectivity index (χ0v) is 13.5. The van der Waals surface area contributed by atoms with Crippen LogP contribution in [0.1, 0.15) is 51.4 Å². The van der Waals surface area contributed by atoms with Crippen LogP contribution in [-0.4, -0.2) is 44.0 Å². The van der Waals surface area contributed by atoms with E-state index in [4.69, 9.17) is 17.4 Å². The van der Waals surface area contributed by atoms with Gasteiger partial charge in [-0.3, -0.25) is 0 Å². The van der Waals surface area contributed by atoms with Gasteiger partial charge in [-0.05, 0) is 49.3 Å². The van der Waals surface area contributed by atoms with E-state index in [1.807, 2.05) is 7.11 Å². The maximum atomic E-state index is 5.35. The van der Waals surface area contributed by atoms with Gasteiger partial charge in [-0.15, -0.1) is 0 Å². The van der Waals surface area contributed by atoms with Gasteiger partial charge in [-0.1, -0.05) is 25.7 Å². The highest BCUT2D eigenvalue weighted by atomic mass is 32.1. The first-order valence-electron chi connectivity index (χ1n) is 8.10. The first kappa shape index (κ1) is 15.7. The van der Waals surface area contributed by atoms with Gasteiger partial charge in [0.2, 0.25) is 0 Å². The van der Waals surface area contributed by atoms with Gasteiger partial charge in [0.1, 0.15) is 0 Å². The van der Waals surface area contributed by atoms with Gasteiger partial charge >= 0.3 is 0 Å². The van der Waals surface area contributed by atoms with Crippen LogP contribution in [0.4, 0.5) is 0 Å². The van der Waals surface area contributed by atoms with E-state index in [0.29, 0.717) is 5.41 Å². The van der Waals surface area contributed by atoms with Gasteiger partial charge < -0.3 is 9.64 Å². The summed E-state index contributed by atoms with van der Waals surface area (Å²) in [7, 11) is 1.83. The van der Waals surface area contributed by atoms with E-state index in [-0.39, 0.29) is 0 Å². The van der Waals surface area contributed by atoms with Crippen LogP contribution in [0.25, 0.3) is 0 Å². The maximum Gasteiger partial charge on any atom is 0.0502 e. The molecule has 1 unspecified atom stereocenters. The van der Waals surface area contributed by atoms with Crippen LogP contribution in [0.15, 0.2) is 0 Å². The molecular weight excluding hydrogens is 254 g/mol. The van der Waals surface area contributed by atoms with Crippen molar-refractivity contribution in [3.05, 3.63) is 0 Å². The normalized spacial score (nSPS) is 29.1. The molecule has 0 spiro atoms. The van der Waals surface area contributed by atoms with E-state index in [2.05, 4.69) is 4.90 Å². The Morgan fingerprint density at radius 1 is 1.16 bits per heavy atom. The number of hydrogen-bond acceptors (Lipinski definition) is 3. The molecule has 1 aliphatic carbocycles. The molecular formula is C16H31NOS. The van der Waals surface area contributed by atoms with E-state index in [9.17, 15) is 0 Å². The molecule has 1 atom stereocenters. The maximum absolute atomic E-state index is 5.35. The van der Waals surface area contributed by atoms with Crippen molar-refractivity contribution in [2.24, 2.45) is 11.3 Å². The number of rotatable bonds is 5. The molecule has 0 radical (unpaired) electrons. The quantitative estimate of drug-likeness (QED) is 0.612. The predicted molar refractivity (Wildman–Crippen MR) is 85.0 cm³/mol. The van der Waals surface area contributed by atoms with Crippen LogP contribution in [0.5, 0.6) is 0 Å². The largest absolute Gasteiger partial charge is 0.384 e. The van der Waals surface area contributed by atoms with Crippen LogP contribution in [0.2, 0.25) is 0 Å². The lowest BCUT2D eigenvalue weighted by Gasteiger charge is -2.40. The molecule has 1 saturated heterocycles. The van der Waals surface area contributed by atoms with Crippen LogP contribution >= 0.6 is 12.6 Å². The summed E-state index contributed by atoms with van der Waals surface area (Å²) in [5.41, 5.74) is 0.495. The lowest BCUT2D eigenvalue weighted by atomic mass is 9.81. The minimum Gasteiger partial charge on any atom is -0.384 e. The van der Waals surface area contributed by atoms with Crippen molar-refractivity contribution in [3.63, 3.8) is 0 Å². The number of likely N-dealkylation sites (tertiary alicyclic amines) is 1. The molecule has 19 heavy (non-hydrogen) atoms. The van der Waals surface area contributed by atoms with E-state index in [0.717, 1.165) is 18.3 Å². The Morgan fingerprint density at radius 3 is 2.53 bits per heavy atom. The summed E-state index contributed by atoms with van der Waals surface area (Å²) in [4.78, 5) is 2.70. The molecule has 1 heterocycles. The summed E-state index contributed by atoms with van der Waals surface area (Å²) < 4.78 is 5.35. The fourth-order valence-corrected chi connectivity index (χ4v) is 4.40. The molecule has 0 aromatic heterocycles. The molecule has 0 amide bonds. The fraction of sp³-hybridized carbons (Fsp3) is 1.00. The van der Waals surface area contributed by atoms with E-state index in [1.54, 1.807) is 0 Å². The Labute approximate surface area is 124 Å². The first-order chi connectivity index (χ1) is 9.28. The molecule has 112 valence electrons. The molecule has 0 aromatic carbocycles. The minimum atomic E-state index is 0.495. The smallest absolute Gasteiger partial charge is 0.0502 e. The summed E-state index contributed by atoms with van der Waals surface area (Å²) in [6.07, 6.45) is 11.2. The second-order valence-electron chi connectivity index (χ2n) is 6.77. The van der Waals surface area contributed by atoms with Crippen molar-refractivity contribution in [2.45, 2.75) is 51.4 Å². The number of methoxy groups -OCH3 is 1. The molecule has 2 nitrogen and oxygen atoms in total. The van der Waals surface area contributed by atoms with Crippen LogP contribution in [0, 0.1) is 11.3 Å². The summed E-state index contributed by atoms with van der Waals surface area (Å²) in [6.45, 7) is 4.74. The van der Waals surface area contributed by atoms with Crippen LogP contribution in [0.3, 0.4) is 0 Å². The highest BCUT2D eigenvalue weighted by molar-refractivity contribution is 7.80. The van der Waals surface area contributed by atoms with Crippen molar-refractivity contribution in [1.29, 1.82) is 0 Å². The zero-order valence-electron chi connectivity index (χ0n) is 12.6. The molecule has 1 saturated carbocycles. The lowest BCUT2D eigenvalue weighted by molar-refractivity contribution is 0.0637. The van der Waals surface area contributed by atoms with Gasteiger partial charge in [0.25, 0.3) is 0 Å². The Hall–Kier alpha value is 0.270. The summed E-state index contributed by atoms with van der Waals surface area (Å²) in [5, 5.41) is 0. The van der Waals surface area contributed by atoms with Crippen molar-refractivity contribution >= 4 is 12.6 Å². The molecule has 0 bridgehead atoms. The van der Waals surface area contributed by atoms with Crippen molar-refractivity contribution in [2.75, 3.05) is 39.1 Å². The third-order valence-electron chi connectivity index (χ3n) is 5.06. The van der Waals surface area contributed by atoms with Crippen molar-refractivity contribution < 1.29 is 4.74 Å². The monoisotopic (exact) mass is 285 g/mol. The molecule has 0 N–H and O–H groups in total. The standard InChI is InChI=1S/C16H31NOS/c1-18-12-15-7-6-10-17(11-15)13-16(14-19)8-4-2-3-5-9-16/h15,19H,2-14H2,1H3. The molecule has 2 rings (SSSR count). The number of hydrogen-bond donors (Lipinski definition) is 1. The second kappa shape index (κ2) is 7.90. The van der Waals surface area contributed by atoms with Crippen molar-refractivity contribution in [3.8, 4) is 0 Å². The van der Waals surface area contributed by atoms with E-state index in [1.165, 1.54) is 71.0 Å². The molecule has 1 aliphatic heterocycles. The minimum absolute atomic E-state index is 0.495. The highest BCUT2D eigenvalue weighted by Crippen LogP contribution is 2.37. The fourth-order valence-electron chi connectivity index (χ4n) is 3.99. The van der Waals surface area contributed by atoms with Crippen LogP contribution in [-0.2, 0) is 4.74 Å². The Kier molecular flexibility index (Phi) is 6.51. The summed E-state index contributed by atoms with van der Waals surface area (Å²) >= 11 is 4.71. The molecule has 2 fully saturated rings. The van der Waals surface area contributed by atoms with E-state index < -0.39 is 0 Å². The number of thiol groups is 1. The molecule has 2 aliphatic rings. The zero-order chi connectivity index (χ0) is 13.6. The SMILES string of the molecule is COCC1CCCN(CC2(CS)CCCCCC2)C1. The van der Waals surface area contributed by atoms with Gasteiger partial charge in [0, 0.05) is 20.2 Å². The lowest BCUT2D eigenvalue weighted by Crippen LogP contribution is -2.44. The predicted octanol–water partition coefficient (Wildman–Crippen LogP) is 3.62. The topological polar surface area (TPSA) is 12.5 Å². The average Bonchev–Trinajstić information content (AvgIpc) is 2.66. The molecule has 0 aromatic rings. The average molecular weight is 285 g/mol. The van der Waals surface area contributed by atoms with Gasteiger partial charge in [0.05, 0.1) is 6.61 Å². The molecule has 3 heteroatoms. The first-order valence-corrected chi connectivity index (χ1v) is 8.73. The van der Waals surface area contributed by atoms with Crippen molar-refractivity contribution in [1.82, 2.24) is 4.90 Å².